The van der Waals surface area contributed by atoms with Gasteiger partial charge in [-0.1, -0.05) is 74.4 Å². The molecule has 4 nitrogen and oxygen atoms in total. The summed E-state index contributed by atoms with van der Waals surface area (Å²) in [6.45, 7) is 4.37. The van der Waals surface area contributed by atoms with Gasteiger partial charge in [-0.25, -0.2) is 0 Å². The van der Waals surface area contributed by atoms with Gasteiger partial charge < -0.3 is 10.2 Å². The van der Waals surface area contributed by atoms with Gasteiger partial charge in [0.2, 0.25) is 11.8 Å². The Balaban J connectivity index is 1.88. The van der Waals surface area contributed by atoms with E-state index in [9.17, 15) is 9.59 Å². The fourth-order valence-corrected chi connectivity index (χ4v) is 4.10. The Hall–Kier alpha value is -2.62. The lowest BCUT2D eigenvalue weighted by molar-refractivity contribution is -0.141. The van der Waals surface area contributed by atoms with Crippen molar-refractivity contribution in [2.45, 2.75) is 71.0 Å². The molecular formula is C25H32N2O2. The normalized spacial score (nSPS) is 15.1. The largest absolute Gasteiger partial charge is 0.352 e. The lowest BCUT2D eigenvalue weighted by Crippen LogP contribution is -2.52. The maximum atomic E-state index is 13.3. The minimum atomic E-state index is -0.509. The summed E-state index contributed by atoms with van der Waals surface area (Å²) < 4.78 is 0. The van der Waals surface area contributed by atoms with Gasteiger partial charge in [0.15, 0.2) is 0 Å². The maximum absolute atomic E-state index is 13.3. The van der Waals surface area contributed by atoms with E-state index in [4.69, 9.17) is 0 Å². The highest BCUT2D eigenvalue weighted by Gasteiger charge is 2.31. The first-order valence-corrected chi connectivity index (χ1v) is 10.8. The Labute approximate surface area is 174 Å². The third-order valence-electron chi connectivity index (χ3n) is 5.88. The molecule has 0 bridgehead atoms. The molecule has 1 unspecified atom stereocenters. The molecule has 0 aromatic heterocycles. The van der Waals surface area contributed by atoms with E-state index in [1.165, 1.54) is 0 Å². The standard InChI is InChI=1S/C25H32N2O2/c1-3-24(28)27(18-21-14-8-7-11-19(21)2)23(17-20-12-5-4-6-13-20)25(29)26-22-15-9-10-16-22/h4-8,11-14,22-23H,3,9-10,15-18H2,1-2H3,(H,26,29). The fraction of sp³-hybridized carbons (Fsp3) is 0.440. The van der Waals surface area contributed by atoms with Gasteiger partial charge >= 0.3 is 0 Å². The molecule has 29 heavy (non-hydrogen) atoms. The average Bonchev–Trinajstić information content (AvgIpc) is 3.25. The number of hydrogen-bond acceptors (Lipinski definition) is 2. The molecule has 1 aliphatic carbocycles. The van der Waals surface area contributed by atoms with Crippen LogP contribution in [0.15, 0.2) is 54.6 Å². The molecule has 1 saturated carbocycles. The van der Waals surface area contributed by atoms with Crippen LogP contribution in [-0.4, -0.2) is 28.8 Å². The van der Waals surface area contributed by atoms with E-state index in [-0.39, 0.29) is 17.9 Å². The molecule has 0 spiro atoms. The minimum Gasteiger partial charge on any atom is -0.352 e. The number of rotatable bonds is 8. The monoisotopic (exact) mass is 392 g/mol. The van der Waals surface area contributed by atoms with Gasteiger partial charge in [-0.3, -0.25) is 9.59 Å². The molecule has 3 rings (SSSR count). The van der Waals surface area contributed by atoms with E-state index in [1.807, 2.05) is 55.5 Å². The van der Waals surface area contributed by atoms with Gasteiger partial charge in [-0.15, -0.1) is 0 Å². The van der Waals surface area contributed by atoms with E-state index < -0.39 is 6.04 Å². The number of aryl methyl sites for hydroxylation is 1. The van der Waals surface area contributed by atoms with Gasteiger partial charge in [0.1, 0.15) is 6.04 Å². The molecule has 1 fully saturated rings. The summed E-state index contributed by atoms with van der Waals surface area (Å²) in [5.74, 6) is -0.0214. The lowest BCUT2D eigenvalue weighted by Gasteiger charge is -2.32. The first kappa shape index (κ1) is 21.1. The van der Waals surface area contributed by atoms with Crippen LogP contribution in [-0.2, 0) is 22.6 Å². The lowest BCUT2D eigenvalue weighted by atomic mass is 10.0. The molecule has 0 saturated heterocycles. The summed E-state index contributed by atoms with van der Waals surface area (Å²) in [5.41, 5.74) is 3.29. The van der Waals surface area contributed by atoms with Crippen molar-refractivity contribution in [1.82, 2.24) is 10.2 Å². The van der Waals surface area contributed by atoms with Crippen molar-refractivity contribution in [2.24, 2.45) is 0 Å². The van der Waals surface area contributed by atoms with Gasteiger partial charge in [-0.2, -0.15) is 0 Å². The molecule has 0 radical (unpaired) electrons. The van der Waals surface area contributed by atoms with Crippen molar-refractivity contribution < 1.29 is 9.59 Å². The summed E-state index contributed by atoms with van der Waals surface area (Å²) in [5, 5.41) is 3.23. The summed E-state index contributed by atoms with van der Waals surface area (Å²) in [6, 6.07) is 17.8. The Morgan fingerprint density at radius 2 is 1.69 bits per heavy atom. The van der Waals surface area contributed by atoms with Crippen LogP contribution in [0.2, 0.25) is 0 Å². The van der Waals surface area contributed by atoms with Crippen LogP contribution < -0.4 is 5.32 Å². The Kier molecular flexibility index (Phi) is 7.45. The first-order valence-electron chi connectivity index (χ1n) is 10.8. The van der Waals surface area contributed by atoms with Gasteiger partial charge in [0.05, 0.1) is 0 Å². The van der Waals surface area contributed by atoms with Crippen LogP contribution in [0.4, 0.5) is 0 Å². The number of nitrogens with zero attached hydrogens (tertiary/aromatic N) is 1. The van der Waals surface area contributed by atoms with Crippen LogP contribution in [0.3, 0.4) is 0 Å². The molecule has 0 aliphatic heterocycles. The summed E-state index contributed by atoms with van der Waals surface area (Å²) in [6.07, 6.45) is 5.29. The molecule has 0 heterocycles. The van der Waals surface area contributed by atoms with E-state index in [2.05, 4.69) is 18.3 Å². The van der Waals surface area contributed by atoms with E-state index >= 15 is 0 Å². The van der Waals surface area contributed by atoms with Gasteiger partial charge in [0, 0.05) is 25.4 Å². The Bertz CT molecular complexity index is 813. The van der Waals surface area contributed by atoms with E-state index in [0.29, 0.717) is 19.4 Å². The van der Waals surface area contributed by atoms with Gasteiger partial charge in [0.25, 0.3) is 0 Å². The summed E-state index contributed by atoms with van der Waals surface area (Å²) >= 11 is 0. The Morgan fingerprint density at radius 3 is 2.34 bits per heavy atom. The summed E-state index contributed by atoms with van der Waals surface area (Å²) in [7, 11) is 0. The molecule has 2 aromatic carbocycles. The summed E-state index contributed by atoms with van der Waals surface area (Å²) in [4.78, 5) is 28.1. The highest BCUT2D eigenvalue weighted by atomic mass is 16.2. The molecule has 4 heteroatoms. The van der Waals surface area contributed by atoms with Crippen LogP contribution in [0, 0.1) is 6.92 Å². The van der Waals surface area contributed by atoms with Crippen molar-refractivity contribution in [3.63, 3.8) is 0 Å². The molecule has 2 aromatic rings. The van der Waals surface area contributed by atoms with E-state index in [0.717, 1.165) is 42.4 Å². The molecule has 2 amide bonds. The van der Waals surface area contributed by atoms with Crippen LogP contribution in [0.5, 0.6) is 0 Å². The molecular weight excluding hydrogens is 360 g/mol. The fourth-order valence-electron chi connectivity index (χ4n) is 4.10. The quantitative estimate of drug-likeness (QED) is 0.724. The van der Waals surface area contributed by atoms with Crippen LogP contribution in [0.25, 0.3) is 0 Å². The molecule has 1 atom stereocenters. The zero-order valence-corrected chi connectivity index (χ0v) is 17.6. The van der Waals surface area contributed by atoms with Crippen LogP contribution >= 0.6 is 0 Å². The predicted molar refractivity (Wildman–Crippen MR) is 116 cm³/mol. The second-order valence-electron chi connectivity index (χ2n) is 8.00. The average molecular weight is 393 g/mol. The number of carbonyl (C=O) groups excluding carboxylic acids is 2. The zero-order chi connectivity index (χ0) is 20.6. The smallest absolute Gasteiger partial charge is 0.243 e. The highest BCUT2D eigenvalue weighted by molar-refractivity contribution is 5.88. The Morgan fingerprint density at radius 1 is 1.03 bits per heavy atom. The number of hydrogen-bond donors (Lipinski definition) is 1. The van der Waals surface area contributed by atoms with E-state index in [1.54, 1.807) is 4.90 Å². The second-order valence-corrected chi connectivity index (χ2v) is 8.00. The third-order valence-corrected chi connectivity index (χ3v) is 5.88. The molecule has 1 N–H and O–H groups in total. The maximum Gasteiger partial charge on any atom is 0.243 e. The topological polar surface area (TPSA) is 49.4 Å². The van der Waals surface area contributed by atoms with Crippen molar-refractivity contribution in [3.05, 3.63) is 71.3 Å². The van der Waals surface area contributed by atoms with Crippen molar-refractivity contribution in [2.75, 3.05) is 0 Å². The van der Waals surface area contributed by atoms with Crippen LogP contribution in [0.1, 0.15) is 55.7 Å². The minimum absolute atomic E-state index is 0.00996. The SMILES string of the molecule is CCC(=O)N(Cc1ccccc1C)C(Cc1ccccc1)C(=O)NC1CCCC1. The highest BCUT2D eigenvalue weighted by Crippen LogP contribution is 2.21. The van der Waals surface area contributed by atoms with Crippen molar-refractivity contribution in [1.29, 1.82) is 0 Å². The number of benzene rings is 2. The first-order chi connectivity index (χ1) is 14.1. The molecule has 1 aliphatic rings. The molecule has 154 valence electrons. The zero-order valence-electron chi connectivity index (χ0n) is 17.6. The van der Waals surface area contributed by atoms with Crippen molar-refractivity contribution in [3.8, 4) is 0 Å². The number of carbonyl (C=O) groups is 2. The third kappa shape index (κ3) is 5.69. The number of nitrogens with one attached hydrogen (secondary N) is 1. The van der Waals surface area contributed by atoms with Crippen molar-refractivity contribution >= 4 is 11.8 Å². The number of amides is 2. The van der Waals surface area contributed by atoms with Gasteiger partial charge in [-0.05, 0) is 36.5 Å². The predicted octanol–water partition coefficient (Wildman–Crippen LogP) is 4.40. The second kappa shape index (κ2) is 10.2.